The second-order valence-electron chi connectivity index (χ2n) is 17.0. The third-order valence-electron chi connectivity index (χ3n) is 11.1. The molecule has 0 spiro atoms. The van der Waals surface area contributed by atoms with Crippen molar-refractivity contribution in [2.45, 2.75) is 205 Å². The molecule has 0 aromatic heterocycles. The van der Waals surface area contributed by atoms with E-state index in [1.807, 2.05) is 103 Å². The van der Waals surface area contributed by atoms with E-state index in [2.05, 4.69) is 38.2 Å². The molecule has 1 rings (SSSR count). The van der Waals surface area contributed by atoms with Gasteiger partial charge in [0.25, 0.3) is 0 Å². The second-order valence-corrected chi connectivity index (χ2v) is 17.0. The summed E-state index contributed by atoms with van der Waals surface area (Å²) >= 11 is 0. The number of ether oxygens (including phenoxy) is 3. The predicted octanol–water partition coefficient (Wildman–Crippen LogP) is 10.4. The molecule has 0 saturated carbocycles. The van der Waals surface area contributed by atoms with Crippen LogP contribution in [0.5, 0.6) is 0 Å². The molecule has 378 valence electrons. The first-order valence-corrected chi connectivity index (χ1v) is 25.4. The van der Waals surface area contributed by atoms with Gasteiger partial charge in [-0.2, -0.15) is 0 Å². The molecule has 0 aromatic carbocycles. The van der Waals surface area contributed by atoms with Gasteiger partial charge in [0, 0.05) is 6.42 Å². The van der Waals surface area contributed by atoms with Crippen LogP contribution in [-0.4, -0.2) is 99.6 Å². The number of esters is 1. The molecule has 0 radical (unpaired) electrons. The number of carbonyl (C=O) groups is 2. The van der Waals surface area contributed by atoms with Crippen LogP contribution >= 0.6 is 0 Å². The highest BCUT2D eigenvalue weighted by atomic mass is 16.7. The largest absolute Gasteiger partial charge is 0.454 e. The zero-order chi connectivity index (χ0) is 49.0. The zero-order valence-corrected chi connectivity index (χ0v) is 41.2. The molecular formula is C56H89NO10. The fourth-order valence-corrected chi connectivity index (χ4v) is 7.04. The summed E-state index contributed by atoms with van der Waals surface area (Å²) in [6.45, 7) is 5.37. The molecule has 1 fully saturated rings. The molecule has 1 aliphatic heterocycles. The Morgan fingerprint density at radius 3 is 1.61 bits per heavy atom. The number of aliphatic hydroxyl groups excluding tert-OH is 5. The highest BCUT2D eigenvalue weighted by Crippen LogP contribution is 2.26. The topological polar surface area (TPSA) is 175 Å². The Kier molecular flexibility index (Phi) is 39.5. The Morgan fingerprint density at radius 2 is 1.07 bits per heavy atom. The maximum absolute atomic E-state index is 13.3. The van der Waals surface area contributed by atoms with E-state index in [1.165, 1.54) is 51.4 Å². The minimum atomic E-state index is -1.66. The Balaban J connectivity index is 2.89. The molecule has 1 heterocycles. The number of allylic oxidation sites excluding steroid dienone is 19. The molecule has 0 bridgehead atoms. The summed E-state index contributed by atoms with van der Waals surface area (Å²) in [7, 11) is 0. The van der Waals surface area contributed by atoms with Gasteiger partial charge in [-0.1, -0.05) is 213 Å². The van der Waals surface area contributed by atoms with E-state index in [4.69, 9.17) is 14.2 Å². The minimum absolute atomic E-state index is 0.0147. The highest BCUT2D eigenvalue weighted by Gasteiger charge is 2.47. The normalized spacial score (nSPS) is 21.1. The second kappa shape index (κ2) is 43.3. The van der Waals surface area contributed by atoms with E-state index in [9.17, 15) is 35.1 Å². The Bertz CT molecular complexity index is 1540. The Morgan fingerprint density at radius 1 is 0.597 bits per heavy atom. The molecule has 1 saturated heterocycles. The molecule has 8 unspecified atom stereocenters. The summed E-state index contributed by atoms with van der Waals surface area (Å²) in [6.07, 6.45) is 48.4. The number of rotatable bonds is 39. The van der Waals surface area contributed by atoms with Crippen LogP contribution in [0, 0.1) is 0 Å². The smallest absolute Gasteiger partial charge is 0.306 e. The highest BCUT2D eigenvalue weighted by molar-refractivity contribution is 5.80. The van der Waals surface area contributed by atoms with Gasteiger partial charge in [0.1, 0.15) is 24.4 Å². The first-order chi connectivity index (χ1) is 32.7. The van der Waals surface area contributed by atoms with E-state index in [0.29, 0.717) is 19.3 Å². The van der Waals surface area contributed by atoms with Crippen molar-refractivity contribution in [3.8, 4) is 0 Å². The fraction of sp³-hybridized carbons (Fsp3) is 0.607. The minimum Gasteiger partial charge on any atom is -0.454 e. The standard InChI is InChI=1S/C56H89NO10/c1-4-7-10-13-16-19-22-25-28-30-33-36-39-42-48(59)47(57-55(64)49(60)43-40-37-34-31-27-24-21-18-15-12-9-6-3)46-65-56-54(53(63)52(62)50(45-58)66-56)67-51(61)44-41-38-35-32-29-26-23-20-17-14-11-8-5-2/h8-9,11-12,14-15,17-18,20-21,23-24,26-27,29,31-32,35,39,42,47-50,52-54,56,58-60,62-63H,4-7,10,13,16,19,22,25,28,30,33-34,36-38,40-41,43-46H2,1-3H3,(H,57,64)/b11-8+,12-9+,17-14+,18-15+,23-20-,24-21-,29-26-,31-27-,35-32+,42-39+. The lowest BCUT2D eigenvalue weighted by Crippen LogP contribution is -2.61. The van der Waals surface area contributed by atoms with Crippen molar-refractivity contribution in [1.82, 2.24) is 5.32 Å². The van der Waals surface area contributed by atoms with Crippen LogP contribution in [0.1, 0.15) is 156 Å². The lowest BCUT2D eigenvalue weighted by Gasteiger charge is -2.41. The predicted molar refractivity (Wildman–Crippen MR) is 273 cm³/mol. The maximum Gasteiger partial charge on any atom is 0.306 e. The number of hydrogen-bond acceptors (Lipinski definition) is 10. The van der Waals surface area contributed by atoms with Crippen LogP contribution in [0.4, 0.5) is 0 Å². The fourth-order valence-electron chi connectivity index (χ4n) is 7.04. The number of amides is 1. The van der Waals surface area contributed by atoms with Crippen molar-refractivity contribution in [2.75, 3.05) is 13.2 Å². The summed E-state index contributed by atoms with van der Waals surface area (Å²) in [5.74, 6) is -1.33. The van der Waals surface area contributed by atoms with Crippen LogP contribution < -0.4 is 5.32 Å². The van der Waals surface area contributed by atoms with Crippen molar-refractivity contribution in [3.63, 3.8) is 0 Å². The summed E-state index contributed by atoms with van der Waals surface area (Å²) in [6, 6.07) is -1.07. The SMILES string of the molecule is CC/C=C/C=C/C=C\C=C/C=C/CCCC(=O)OC1C(OCC(NC(=O)C(O)CCCC\C=C/C=C\C=C\C=C\CC)C(O)/C=C/CCCCCCCCCCCCC)OC(CO)C(O)C1O. The number of nitrogens with one attached hydrogen (secondary N) is 1. The van der Waals surface area contributed by atoms with Gasteiger partial charge in [-0.15, -0.1) is 0 Å². The zero-order valence-electron chi connectivity index (χ0n) is 41.2. The van der Waals surface area contributed by atoms with Gasteiger partial charge in [-0.05, 0) is 57.8 Å². The van der Waals surface area contributed by atoms with Crippen molar-refractivity contribution in [2.24, 2.45) is 0 Å². The van der Waals surface area contributed by atoms with Gasteiger partial charge in [0.05, 0.1) is 25.4 Å². The van der Waals surface area contributed by atoms with Gasteiger partial charge in [0.15, 0.2) is 12.4 Å². The van der Waals surface area contributed by atoms with Crippen molar-refractivity contribution >= 4 is 11.9 Å². The molecule has 0 aromatic rings. The molecule has 1 amide bonds. The van der Waals surface area contributed by atoms with Crippen LogP contribution in [-0.2, 0) is 23.8 Å². The molecular weight excluding hydrogens is 847 g/mol. The van der Waals surface area contributed by atoms with E-state index in [1.54, 1.807) is 6.08 Å². The summed E-state index contributed by atoms with van der Waals surface area (Å²) in [4.78, 5) is 26.3. The molecule has 0 aliphatic carbocycles. The van der Waals surface area contributed by atoms with Crippen molar-refractivity contribution < 1.29 is 49.3 Å². The quantitative estimate of drug-likeness (QED) is 0.0151. The molecule has 8 atom stereocenters. The third kappa shape index (κ3) is 32.4. The first-order valence-electron chi connectivity index (χ1n) is 25.4. The summed E-state index contributed by atoms with van der Waals surface area (Å²) in [5.41, 5.74) is 0. The van der Waals surface area contributed by atoms with E-state index in [0.717, 1.165) is 51.4 Å². The Hall–Kier alpha value is -3.94. The van der Waals surface area contributed by atoms with E-state index >= 15 is 0 Å². The van der Waals surface area contributed by atoms with Crippen molar-refractivity contribution in [3.05, 3.63) is 122 Å². The van der Waals surface area contributed by atoms with Gasteiger partial charge in [-0.3, -0.25) is 9.59 Å². The number of unbranched alkanes of at least 4 members (excludes halogenated alkanes) is 14. The average molecular weight is 936 g/mol. The van der Waals surface area contributed by atoms with Gasteiger partial charge >= 0.3 is 5.97 Å². The van der Waals surface area contributed by atoms with Crippen LogP contribution in [0.2, 0.25) is 0 Å². The van der Waals surface area contributed by atoms with E-state index < -0.39 is 67.4 Å². The lowest BCUT2D eigenvalue weighted by atomic mass is 9.99. The molecule has 11 nitrogen and oxygen atoms in total. The molecule has 6 N–H and O–H groups in total. The molecule has 1 aliphatic rings. The van der Waals surface area contributed by atoms with Crippen LogP contribution in [0.25, 0.3) is 0 Å². The third-order valence-corrected chi connectivity index (χ3v) is 11.1. The maximum atomic E-state index is 13.3. The number of aliphatic hydroxyl groups is 5. The average Bonchev–Trinajstić information content (AvgIpc) is 3.32. The van der Waals surface area contributed by atoms with E-state index in [-0.39, 0.29) is 19.4 Å². The molecule has 11 heteroatoms. The van der Waals surface area contributed by atoms with Gasteiger partial charge < -0.3 is 45.1 Å². The van der Waals surface area contributed by atoms with Crippen LogP contribution in [0.15, 0.2) is 122 Å². The number of hydrogen-bond donors (Lipinski definition) is 6. The summed E-state index contributed by atoms with van der Waals surface area (Å²) < 4.78 is 17.4. The Labute approximate surface area is 404 Å². The van der Waals surface area contributed by atoms with Crippen molar-refractivity contribution in [1.29, 1.82) is 0 Å². The van der Waals surface area contributed by atoms with Crippen LogP contribution in [0.3, 0.4) is 0 Å². The van der Waals surface area contributed by atoms with Gasteiger partial charge in [-0.25, -0.2) is 0 Å². The lowest BCUT2D eigenvalue weighted by molar-refractivity contribution is -0.305. The first kappa shape index (κ1) is 61.1. The van der Waals surface area contributed by atoms with Gasteiger partial charge in [0.2, 0.25) is 5.91 Å². The summed E-state index contributed by atoms with van der Waals surface area (Å²) in [5, 5.41) is 56.5. The molecule has 67 heavy (non-hydrogen) atoms. The monoisotopic (exact) mass is 936 g/mol. The number of carbonyl (C=O) groups excluding carboxylic acids is 2.